The van der Waals surface area contributed by atoms with Gasteiger partial charge < -0.3 is 14.5 Å². The van der Waals surface area contributed by atoms with Crippen LogP contribution in [0.5, 0.6) is 5.75 Å². The van der Waals surface area contributed by atoms with Crippen molar-refractivity contribution >= 4 is 0 Å². The van der Waals surface area contributed by atoms with Gasteiger partial charge in [0.2, 0.25) is 0 Å². The number of methoxy groups -OCH3 is 1. The number of piperazine rings is 1. The Hall–Kier alpha value is -1.84. The number of benzene rings is 2. The molecule has 2 aromatic carbocycles. The maximum atomic E-state index is 5.43. The molecule has 3 nitrogen and oxygen atoms in total. The Morgan fingerprint density at radius 3 is 2.08 bits per heavy atom. The van der Waals surface area contributed by atoms with Crippen LogP contribution in [-0.2, 0) is 13.1 Å². The van der Waals surface area contributed by atoms with Crippen LogP contribution in [0.1, 0.15) is 22.3 Å². The van der Waals surface area contributed by atoms with Gasteiger partial charge in [0.1, 0.15) is 45.0 Å². The van der Waals surface area contributed by atoms with Crippen molar-refractivity contribution in [3.8, 4) is 5.75 Å². The highest BCUT2D eigenvalue weighted by molar-refractivity contribution is 5.41. The summed E-state index contributed by atoms with van der Waals surface area (Å²) in [6.07, 6.45) is 0. The minimum atomic E-state index is 1.00. The molecule has 0 aromatic heterocycles. The Morgan fingerprint density at radius 1 is 0.833 bits per heavy atom. The van der Waals surface area contributed by atoms with E-state index in [1.54, 1.807) is 16.9 Å². The van der Waals surface area contributed by atoms with E-state index in [1.165, 1.54) is 48.4 Å². The molecule has 0 spiro atoms. The fourth-order valence-corrected chi connectivity index (χ4v) is 3.72. The molecule has 1 saturated heterocycles. The van der Waals surface area contributed by atoms with Crippen molar-refractivity contribution in [2.45, 2.75) is 26.9 Å². The van der Waals surface area contributed by atoms with Gasteiger partial charge in [-0.25, -0.2) is 0 Å². The molecule has 1 aliphatic rings. The van der Waals surface area contributed by atoms with Crippen LogP contribution in [0, 0.1) is 13.8 Å². The third kappa shape index (κ3) is 4.16. The van der Waals surface area contributed by atoms with E-state index in [4.69, 9.17) is 4.74 Å². The predicted molar refractivity (Wildman–Crippen MR) is 97.7 cm³/mol. The number of nitrogens with one attached hydrogen (secondary N) is 2. The molecule has 1 heterocycles. The van der Waals surface area contributed by atoms with Gasteiger partial charge in [0.25, 0.3) is 0 Å². The van der Waals surface area contributed by atoms with Crippen molar-refractivity contribution < 1.29 is 14.5 Å². The third-order valence-corrected chi connectivity index (χ3v) is 5.26. The summed E-state index contributed by atoms with van der Waals surface area (Å²) in [4.78, 5) is 3.42. The summed E-state index contributed by atoms with van der Waals surface area (Å²) < 4.78 is 5.43. The number of hydrogen-bond acceptors (Lipinski definition) is 1. The smallest absolute Gasteiger partial charge is 0.127 e. The predicted octanol–water partition coefficient (Wildman–Crippen LogP) is 0.796. The summed E-state index contributed by atoms with van der Waals surface area (Å²) in [6, 6.07) is 15.4. The highest BCUT2D eigenvalue weighted by Gasteiger charge is 2.23. The maximum absolute atomic E-state index is 5.43. The SMILES string of the molecule is COc1cc(C)c(C[NH+]2CC[NH+](Cc3ccccc3)CC2)cc1C. The summed E-state index contributed by atoms with van der Waals surface area (Å²) in [6.45, 7) is 11.7. The first-order chi connectivity index (χ1) is 11.7. The van der Waals surface area contributed by atoms with Gasteiger partial charge >= 0.3 is 0 Å². The maximum Gasteiger partial charge on any atom is 0.127 e. The van der Waals surface area contributed by atoms with Crippen LogP contribution in [0.3, 0.4) is 0 Å². The number of quaternary nitrogens is 2. The second kappa shape index (κ2) is 7.82. The average Bonchev–Trinajstić information content (AvgIpc) is 2.60. The molecule has 0 bridgehead atoms. The molecule has 2 N–H and O–H groups in total. The summed E-state index contributed by atoms with van der Waals surface area (Å²) in [7, 11) is 1.75. The van der Waals surface area contributed by atoms with Gasteiger partial charge in [0, 0.05) is 11.1 Å². The number of ether oxygens (including phenoxy) is 1. The van der Waals surface area contributed by atoms with Gasteiger partial charge in [0.05, 0.1) is 7.11 Å². The zero-order valence-electron chi connectivity index (χ0n) is 15.2. The minimum absolute atomic E-state index is 1.00. The molecule has 0 saturated carbocycles. The number of aryl methyl sites for hydroxylation is 2. The van der Waals surface area contributed by atoms with E-state index in [1.807, 2.05) is 0 Å². The molecule has 1 fully saturated rings. The van der Waals surface area contributed by atoms with E-state index >= 15 is 0 Å². The lowest BCUT2D eigenvalue weighted by molar-refractivity contribution is -1.02. The van der Waals surface area contributed by atoms with Gasteiger partial charge in [-0.1, -0.05) is 30.3 Å². The van der Waals surface area contributed by atoms with Gasteiger partial charge in [-0.3, -0.25) is 0 Å². The first-order valence-electron chi connectivity index (χ1n) is 9.01. The van der Waals surface area contributed by atoms with Crippen molar-refractivity contribution in [1.82, 2.24) is 0 Å². The summed E-state index contributed by atoms with van der Waals surface area (Å²) >= 11 is 0. The highest BCUT2D eigenvalue weighted by atomic mass is 16.5. The van der Waals surface area contributed by atoms with Gasteiger partial charge in [-0.2, -0.15) is 0 Å². The number of rotatable bonds is 5. The molecule has 128 valence electrons. The third-order valence-electron chi connectivity index (χ3n) is 5.26. The van der Waals surface area contributed by atoms with E-state index in [0.717, 1.165) is 18.8 Å². The van der Waals surface area contributed by atoms with Crippen molar-refractivity contribution in [1.29, 1.82) is 0 Å². The lowest BCUT2D eigenvalue weighted by Gasteiger charge is -2.30. The Labute approximate surface area is 145 Å². The first kappa shape index (κ1) is 17.0. The molecular weight excluding hydrogens is 296 g/mol. The molecule has 2 aromatic rings. The first-order valence-corrected chi connectivity index (χ1v) is 9.01. The van der Waals surface area contributed by atoms with Gasteiger partial charge in [0.15, 0.2) is 0 Å². The fraction of sp³-hybridized carbons (Fsp3) is 0.429. The molecule has 0 atom stereocenters. The monoisotopic (exact) mass is 326 g/mol. The Morgan fingerprint density at radius 2 is 1.46 bits per heavy atom. The molecule has 24 heavy (non-hydrogen) atoms. The van der Waals surface area contributed by atoms with Gasteiger partial charge in [-0.15, -0.1) is 0 Å². The second-order valence-electron chi connectivity index (χ2n) is 7.09. The topological polar surface area (TPSA) is 18.1 Å². The molecule has 0 amide bonds. The normalized spacial score (nSPS) is 20.8. The van der Waals surface area contributed by atoms with Crippen LogP contribution >= 0.6 is 0 Å². The molecule has 3 heteroatoms. The van der Waals surface area contributed by atoms with Gasteiger partial charge in [-0.05, 0) is 37.1 Å². The van der Waals surface area contributed by atoms with Crippen LogP contribution in [0.25, 0.3) is 0 Å². The molecule has 3 rings (SSSR count). The quantitative estimate of drug-likeness (QED) is 0.832. The van der Waals surface area contributed by atoms with E-state index in [0.29, 0.717) is 0 Å². The Bertz CT molecular complexity index is 661. The molecule has 0 radical (unpaired) electrons. The lowest BCUT2D eigenvalue weighted by Crippen LogP contribution is -3.27. The van der Waals surface area contributed by atoms with Crippen LogP contribution in [0.2, 0.25) is 0 Å². The standard InChI is InChI=1S/C21H28N2O/c1-17-14-21(24-3)18(2)13-20(17)16-23-11-9-22(10-12-23)15-19-7-5-4-6-8-19/h4-8,13-14H,9-12,15-16H2,1-3H3/p+2. The zero-order valence-corrected chi connectivity index (χ0v) is 15.2. The van der Waals surface area contributed by atoms with E-state index in [-0.39, 0.29) is 0 Å². The van der Waals surface area contributed by atoms with Crippen molar-refractivity contribution in [3.05, 3.63) is 64.7 Å². The van der Waals surface area contributed by atoms with Crippen molar-refractivity contribution in [3.63, 3.8) is 0 Å². The Balaban J connectivity index is 1.55. The number of hydrogen-bond donors (Lipinski definition) is 2. The van der Waals surface area contributed by atoms with Crippen molar-refractivity contribution in [2.24, 2.45) is 0 Å². The molecule has 1 aliphatic heterocycles. The van der Waals surface area contributed by atoms with Crippen LogP contribution in [0.4, 0.5) is 0 Å². The largest absolute Gasteiger partial charge is 0.496 e. The average molecular weight is 326 g/mol. The summed E-state index contributed by atoms with van der Waals surface area (Å²) in [5.74, 6) is 1.00. The van der Waals surface area contributed by atoms with Crippen LogP contribution < -0.4 is 14.5 Å². The molecular formula is C21H30N2O+2. The van der Waals surface area contributed by atoms with E-state index < -0.39 is 0 Å². The van der Waals surface area contributed by atoms with E-state index in [2.05, 4.69) is 56.3 Å². The fourth-order valence-electron chi connectivity index (χ4n) is 3.72. The van der Waals surface area contributed by atoms with Crippen molar-refractivity contribution in [2.75, 3.05) is 33.3 Å². The zero-order chi connectivity index (χ0) is 16.9. The lowest BCUT2D eigenvalue weighted by atomic mass is 10.0. The van der Waals surface area contributed by atoms with Crippen LogP contribution in [0.15, 0.2) is 42.5 Å². The summed E-state index contributed by atoms with van der Waals surface area (Å²) in [5.41, 5.74) is 5.52. The van der Waals surface area contributed by atoms with E-state index in [9.17, 15) is 0 Å². The highest BCUT2D eigenvalue weighted by Crippen LogP contribution is 2.21. The summed E-state index contributed by atoms with van der Waals surface area (Å²) in [5, 5.41) is 0. The minimum Gasteiger partial charge on any atom is -0.496 e. The molecule has 0 aliphatic carbocycles. The Kier molecular flexibility index (Phi) is 5.54. The second-order valence-corrected chi connectivity index (χ2v) is 7.09. The van der Waals surface area contributed by atoms with Crippen LogP contribution in [-0.4, -0.2) is 33.3 Å². The molecule has 0 unspecified atom stereocenters.